The van der Waals surface area contributed by atoms with Crippen molar-refractivity contribution in [1.82, 2.24) is 11.1 Å². The molecule has 0 saturated heterocycles. The summed E-state index contributed by atoms with van der Waals surface area (Å²) in [6.07, 6.45) is -7.74. The lowest BCUT2D eigenvalue weighted by Gasteiger charge is -2.41. The number of likely N-dealkylation sites (N-methyl/N-ethyl adjacent to an activating group) is 1. The zero-order valence-electron chi connectivity index (χ0n) is 15.3. The fourth-order valence-electron chi connectivity index (χ4n) is 1.78. The van der Waals surface area contributed by atoms with E-state index < -0.39 is 71.6 Å². The Morgan fingerprint density at radius 2 is 0.969 bits per heavy atom. The maximum absolute atomic E-state index is 13.6. The number of carboxylic acid groups (broad SMARTS) is 1. The van der Waals surface area contributed by atoms with Gasteiger partial charge in [-0.1, -0.05) is 0 Å². The molecule has 0 rings (SSSR count). The van der Waals surface area contributed by atoms with Gasteiger partial charge in [-0.05, 0) is 6.92 Å². The summed E-state index contributed by atoms with van der Waals surface area (Å²) in [5.74, 6) is -54.9. The summed E-state index contributed by atoms with van der Waals surface area (Å²) in [6, 6.07) is 0. The number of hydrogen-bond acceptors (Lipinski definition) is 3. The summed E-state index contributed by atoms with van der Waals surface area (Å²) in [7, 11) is 0. The second-order valence-electron chi connectivity index (χ2n) is 5.64. The average molecular weight is 516 g/mol. The van der Waals surface area contributed by atoms with Crippen molar-refractivity contribution in [3.05, 3.63) is 0 Å². The number of aliphatic carboxylic acids is 1. The van der Waals surface area contributed by atoms with E-state index in [-0.39, 0.29) is 6.15 Å². The van der Waals surface area contributed by atoms with Crippen LogP contribution in [0.4, 0.5) is 65.9 Å². The number of amides is 1. The molecule has 192 valence electrons. The van der Waals surface area contributed by atoms with Gasteiger partial charge in [0, 0.05) is 6.54 Å². The number of halogens is 15. The molecule has 0 aromatic heterocycles. The Hall–Kier alpha value is -2.15. The van der Waals surface area contributed by atoms with Gasteiger partial charge in [-0.2, -0.15) is 65.9 Å². The summed E-state index contributed by atoms with van der Waals surface area (Å²) in [5, 5.41) is 10.2. The first kappa shape index (κ1) is 32.0. The first-order valence-corrected chi connectivity index (χ1v) is 7.11. The number of carbonyl (C=O) groups is 2. The zero-order valence-corrected chi connectivity index (χ0v) is 15.3. The van der Waals surface area contributed by atoms with Gasteiger partial charge in [-0.25, -0.2) is 0 Å². The molecule has 0 fully saturated rings. The number of carboxylic acids is 1. The Bertz CT molecular complexity index is 704. The highest BCUT2D eigenvalue weighted by Gasteiger charge is 2.94. The van der Waals surface area contributed by atoms with Crippen molar-refractivity contribution >= 4 is 11.9 Å². The lowest BCUT2D eigenvalue weighted by atomic mass is 9.90. The second-order valence-corrected chi connectivity index (χ2v) is 5.64. The van der Waals surface area contributed by atoms with Crippen LogP contribution in [0.5, 0.6) is 0 Å². The smallest absolute Gasteiger partial charge is 0.460 e. The van der Waals surface area contributed by atoms with Crippen LogP contribution in [0.15, 0.2) is 0 Å². The number of alkyl halides is 15. The minimum atomic E-state index is -8.53. The lowest BCUT2D eigenvalue weighted by Crippen LogP contribution is -2.74. The molecule has 0 atom stereocenters. The summed E-state index contributed by atoms with van der Waals surface area (Å²) in [6.45, 7) is -2.80. The minimum Gasteiger partial charge on any atom is -0.548 e. The third-order valence-electron chi connectivity index (χ3n) is 3.59. The molecule has 1 amide bonds. The van der Waals surface area contributed by atoms with E-state index in [4.69, 9.17) is 0 Å². The fraction of sp³-hybridized carbons (Fsp3) is 0.833. The Labute approximate surface area is 166 Å². The van der Waals surface area contributed by atoms with Gasteiger partial charge in [-0.15, -0.1) is 0 Å². The molecule has 5 nitrogen and oxygen atoms in total. The number of rotatable bonds is 9. The van der Waals surface area contributed by atoms with Crippen LogP contribution in [0.3, 0.4) is 0 Å². The molecule has 0 saturated carbocycles. The van der Waals surface area contributed by atoms with Crippen molar-refractivity contribution in [2.75, 3.05) is 13.1 Å². The number of hydrogen-bond donors (Lipinski definition) is 1. The van der Waals surface area contributed by atoms with Crippen LogP contribution >= 0.6 is 0 Å². The molecular formula is C12H11F15N2O3. The van der Waals surface area contributed by atoms with Gasteiger partial charge in [0.05, 0.1) is 12.5 Å². The standard InChI is InChI=1S/C12H8F15NO3.H3N/c1-2-28(3-4(29)30)5(31)6(13,14)7(15,16)8(17,18)9(19,20)10(21,22)11(23,24)12(25,26)27;/h2-3H2,1H3,(H,29,30);1H3. The van der Waals surface area contributed by atoms with Gasteiger partial charge >= 0.3 is 41.7 Å². The van der Waals surface area contributed by atoms with E-state index in [9.17, 15) is 80.6 Å². The topological polar surface area (TPSA) is 96.9 Å². The third kappa shape index (κ3) is 4.36. The predicted molar refractivity (Wildman–Crippen MR) is 69.0 cm³/mol. The third-order valence-corrected chi connectivity index (χ3v) is 3.59. The lowest BCUT2D eigenvalue weighted by molar-refractivity contribution is -0.449. The highest BCUT2D eigenvalue weighted by atomic mass is 19.4. The van der Waals surface area contributed by atoms with Gasteiger partial charge in [0.2, 0.25) is 0 Å². The maximum Gasteiger partial charge on any atom is 0.460 e. The molecular weight excluding hydrogens is 505 g/mol. The van der Waals surface area contributed by atoms with Gasteiger partial charge in [0.1, 0.15) is 0 Å². The Morgan fingerprint density at radius 3 is 1.25 bits per heavy atom. The number of carbonyl (C=O) groups excluding carboxylic acids is 2. The van der Waals surface area contributed by atoms with Crippen LogP contribution in [-0.2, 0) is 9.59 Å². The highest BCUT2D eigenvalue weighted by molar-refractivity contribution is 5.87. The van der Waals surface area contributed by atoms with Crippen molar-refractivity contribution in [2.45, 2.75) is 48.6 Å². The van der Waals surface area contributed by atoms with Gasteiger partial charge in [0.25, 0.3) is 5.91 Å². The first-order chi connectivity index (χ1) is 13.3. The SMILES string of the molecule is CCN(CC(=O)[O-])C(=O)C(F)(F)C(F)(F)C(F)(F)C(F)(F)C(F)(F)C(F)(F)C(F)(F)F.[NH4+]. The summed E-state index contributed by atoms with van der Waals surface area (Å²) in [5.41, 5.74) is 0. The Morgan fingerprint density at radius 1 is 0.656 bits per heavy atom. The minimum absolute atomic E-state index is 0. The van der Waals surface area contributed by atoms with Gasteiger partial charge in [0.15, 0.2) is 0 Å². The van der Waals surface area contributed by atoms with Crippen LogP contribution in [0.25, 0.3) is 0 Å². The molecule has 32 heavy (non-hydrogen) atoms. The van der Waals surface area contributed by atoms with E-state index in [1.807, 2.05) is 0 Å². The fourth-order valence-corrected chi connectivity index (χ4v) is 1.78. The molecule has 0 aliphatic carbocycles. The summed E-state index contributed by atoms with van der Waals surface area (Å²) >= 11 is 0. The van der Waals surface area contributed by atoms with Crippen LogP contribution < -0.4 is 11.3 Å². The van der Waals surface area contributed by atoms with Crippen molar-refractivity contribution in [2.24, 2.45) is 0 Å². The predicted octanol–water partition coefficient (Wildman–Crippen LogP) is 3.34. The molecule has 0 unspecified atom stereocenters. The number of quaternary nitrogens is 1. The van der Waals surface area contributed by atoms with Crippen molar-refractivity contribution in [3.63, 3.8) is 0 Å². The van der Waals surface area contributed by atoms with E-state index in [1.54, 1.807) is 0 Å². The zero-order chi connectivity index (χ0) is 25.6. The maximum atomic E-state index is 13.6. The van der Waals surface area contributed by atoms with Crippen LogP contribution in [0.1, 0.15) is 6.92 Å². The van der Waals surface area contributed by atoms with E-state index in [0.717, 1.165) is 0 Å². The molecule has 0 spiro atoms. The van der Waals surface area contributed by atoms with Crippen LogP contribution in [-0.4, -0.2) is 71.6 Å². The van der Waals surface area contributed by atoms with E-state index in [1.165, 1.54) is 0 Å². The van der Waals surface area contributed by atoms with E-state index in [2.05, 4.69) is 0 Å². The molecule has 0 aromatic carbocycles. The average Bonchev–Trinajstić information content (AvgIpc) is 2.56. The Balaban J connectivity index is 0. The molecule has 4 N–H and O–H groups in total. The van der Waals surface area contributed by atoms with Crippen LogP contribution in [0.2, 0.25) is 0 Å². The molecule has 0 bridgehead atoms. The summed E-state index contributed by atoms with van der Waals surface area (Å²) < 4.78 is 195. The summed E-state index contributed by atoms with van der Waals surface area (Å²) in [4.78, 5) is 20.6. The van der Waals surface area contributed by atoms with Crippen molar-refractivity contribution in [1.29, 1.82) is 0 Å². The second kappa shape index (κ2) is 8.65. The van der Waals surface area contributed by atoms with Crippen molar-refractivity contribution < 1.29 is 80.6 Å². The molecule has 0 radical (unpaired) electrons. The quantitative estimate of drug-likeness (QED) is 0.477. The number of nitrogens with zero attached hydrogens (tertiary/aromatic N) is 1. The highest BCUT2D eigenvalue weighted by Crippen LogP contribution is 2.62. The normalized spacial score (nSPS) is 14.6. The van der Waals surface area contributed by atoms with Gasteiger partial charge < -0.3 is 21.0 Å². The molecule has 0 aliphatic rings. The molecule has 0 heterocycles. The Kier molecular flexibility index (Phi) is 8.66. The van der Waals surface area contributed by atoms with E-state index >= 15 is 0 Å². The van der Waals surface area contributed by atoms with Crippen molar-refractivity contribution in [3.8, 4) is 0 Å². The van der Waals surface area contributed by atoms with Gasteiger partial charge in [-0.3, -0.25) is 4.79 Å². The van der Waals surface area contributed by atoms with E-state index in [0.29, 0.717) is 6.92 Å². The molecule has 0 aromatic rings. The monoisotopic (exact) mass is 516 g/mol. The first-order valence-electron chi connectivity index (χ1n) is 7.11. The molecule has 0 aliphatic heterocycles. The van der Waals surface area contributed by atoms with Crippen LogP contribution in [0, 0.1) is 0 Å². The largest absolute Gasteiger partial charge is 0.548 e. The molecule has 20 heteroatoms.